The average Bonchev–Trinajstić information content (AvgIpc) is 2.31. The smallest absolute Gasteiger partial charge is 0.232 e. The minimum Gasteiger partial charge on any atom is -0.476 e. The molecule has 1 aromatic rings. The highest BCUT2D eigenvalue weighted by molar-refractivity contribution is 9.10. The van der Waals surface area contributed by atoms with Crippen molar-refractivity contribution in [3.05, 3.63) is 21.8 Å². The molecular formula is C13H19BrClNO. The van der Waals surface area contributed by atoms with Gasteiger partial charge in [-0.15, -0.1) is 0 Å². The monoisotopic (exact) mass is 319 g/mol. The molecule has 0 N–H and O–H groups in total. The highest BCUT2D eigenvalue weighted by Gasteiger charge is 2.09. The fourth-order valence-electron chi connectivity index (χ4n) is 1.60. The van der Waals surface area contributed by atoms with Crippen LogP contribution in [0.4, 0.5) is 0 Å². The SMILES string of the molecule is CCCCC(CC)COc1ncc(Br)cc1Cl. The lowest BCUT2D eigenvalue weighted by atomic mass is 10.0. The van der Waals surface area contributed by atoms with Gasteiger partial charge in [0.15, 0.2) is 0 Å². The molecule has 96 valence electrons. The van der Waals surface area contributed by atoms with Crippen LogP contribution in [0, 0.1) is 5.92 Å². The molecule has 4 heteroatoms. The summed E-state index contributed by atoms with van der Waals surface area (Å²) in [5, 5.41) is 0.560. The second kappa shape index (κ2) is 7.93. The number of rotatable bonds is 7. The second-order valence-electron chi connectivity index (χ2n) is 4.17. The van der Waals surface area contributed by atoms with Crippen molar-refractivity contribution in [1.29, 1.82) is 0 Å². The summed E-state index contributed by atoms with van der Waals surface area (Å²) < 4.78 is 6.55. The molecule has 0 aliphatic carbocycles. The standard InChI is InChI=1S/C13H19BrClNO/c1-3-5-6-10(4-2)9-17-13-12(15)7-11(14)8-16-13/h7-8,10H,3-6,9H2,1-2H3. The zero-order valence-corrected chi connectivity index (χ0v) is 12.7. The molecule has 0 saturated carbocycles. The van der Waals surface area contributed by atoms with Crippen LogP contribution >= 0.6 is 27.5 Å². The Labute approximate surface area is 117 Å². The first kappa shape index (κ1) is 14.8. The van der Waals surface area contributed by atoms with Crippen molar-refractivity contribution in [2.75, 3.05) is 6.61 Å². The van der Waals surface area contributed by atoms with Crippen molar-refractivity contribution in [2.24, 2.45) is 5.92 Å². The Kier molecular flexibility index (Phi) is 6.90. The Morgan fingerprint density at radius 2 is 2.24 bits per heavy atom. The molecule has 0 aliphatic heterocycles. The van der Waals surface area contributed by atoms with Crippen LogP contribution in [0.2, 0.25) is 5.02 Å². The molecule has 17 heavy (non-hydrogen) atoms. The number of unbranched alkanes of at least 4 members (excludes halogenated alkanes) is 1. The van der Waals surface area contributed by atoms with Crippen LogP contribution in [0.3, 0.4) is 0 Å². The van der Waals surface area contributed by atoms with E-state index >= 15 is 0 Å². The molecule has 1 atom stereocenters. The lowest BCUT2D eigenvalue weighted by Crippen LogP contribution is -2.12. The van der Waals surface area contributed by atoms with Crippen LogP contribution in [0.25, 0.3) is 0 Å². The van der Waals surface area contributed by atoms with Gasteiger partial charge in [-0.3, -0.25) is 0 Å². The second-order valence-corrected chi connectivity index (χ2v) is 5.49. The third-order valence-corrected chi connectivity index (χ3v) is 3.48. The van der Waals surface area contributed by atoms with Gasteiger partial charge in [0.25, 0.3) is 0 Å². The average molecular weight is 321 g/mol. The van der Waals surface area contributed by atoms with Crippen molar-refractivity contribution in [1.82, 2.24) is 4.98 Å². The number of ether oxygens (including phenoxy) is 1. The van der Waals surface area contributed by atoms with E-state index in [1.165, 1.54) is 19.3 Å². The molecule has 1 aromatic heterocycles. The third-order valence-electron chi connectivity index (χ3n) is 2.77. The first-order valence-electron chi connectivity index (χ1n) is 6.11. The van der Waals surface area contributed by atoms with E-state index in [4.69, 9.17) is 16.3 Å². The van der Waals surface area contributed by atoms with Gasteiger partial charge in [-0.2, -0.15) is 0 Å². The topological polar surface area (TPSA) is 22.1 Å². The summed E-state index contributed by atoms with van der Waals surface area (Å²) in [5.41, 5.74) is 0. The molecule has 1 rings (SSSR count). The molecule has 0 radical (unpaired) electrons. The molecule has 0 saturated heterocycles. The Bertz CT molecular complexity index is 346. The lowest BCUT2D eigenvalue weighted by molar-refractivity contribution is 0.226. The third kappa shape index (κ3) is 5.26. The number of hydrogen-bond acceptors (Lipinski definition) is 2. The number of nitrogens with zero attached hydrogens (tertiary/aromatic N) is 1. The van der Waals surface area contributed by atoms with E-state index in [0.29, 0.717) is 23.4 Å². The quantitative estimate of drug-likeness (QED) is 0.698. The molecule has 1 unspecified atom stereocenters. The number of aromatic nitrogens is 1. The first-order chi connectivity index (χ1) is 8.17. The molecule has 0 fully saturated rings. The minimum atomic E-state index is 0.532. The van der Waals surface area contributed by atoms with E-state index in [1.54, 1.807) is 12.3 Å². The molecule has 0 bridgehead atoms. The zero-order chi connectivity index (χ0) is 12.7. The van der Waals surface area contributed by atoms with Crippen LogP contribution in [0.5, 0.6) is 5.88 Å². The van der Waals surface area contributed by atoms with E-state index in [-0.39, 0.29) is 0 Å². The Morgan fingerprint density at radius 3 is 2.82 bits per heavy atom. The number of pyridine rings is 1. The number of halogens is 2. The van der Waals surface area contributed by atoms with Crippen molar-refractivity contribution >= 4 is 27.5 Å². The summed E-state index contributed by atoms with van der Waals surface area (Å²) in [6.07, 6.45) is 6.53. The van der Waals surface area contributed by atoms with E-state index in [0.717, 1.165) is 10.9 Å². The zero-order valence-electron chi connectivity index (χ0n) is 10.4. The van der Waals surface area contributed by atoms with Crippen molar-refractivity contribution < 1.29 is 4.74 Å². The highest BCUT2D eigenvalue weighted by atomic mass is 79.9. The maximum atomic E-state index is 6.04. The Hall–Kier alpha value is -0.280. The summed E-state index contributed by atoms with van der Waals surface area (Å²) in [6, 6.07) is 1.80. The molecule has 2 nitrogen and oxygen atoms in total. The summed E-state index contributed by atoms with van der Waals surface area (Å²) in [6.45, 7) is 5.10. The van der Waals surface area contributed by atoms with E-state index in [9.17, 15) is 0 Å². The van der Waals surface area contributed by atoms with Crippen molar-refractivity contribution in [2.45, 2.75) is 39.5 Å². The Balaban J connectivity index is 2.47. The number of hydrogen-bond donors (Lipinski definition) is 0. The van der Waals surface area contributed by atoms with Crippen molar-refractivity contribution in [3.8, 4) is 5.88 Å². The lowest BCUT2D eigenvalue weighted by Gasteiger charge is -2.15. The van der Waals surface area contributed by atoms with Crippen LogP contribution in [-0.2, 0) is 0 Å². The predicted octanol–water partition coefficient (Wildman–Crippen LogP) is 5.09. The predicted molar refractivity (Wildman–Crippen MR) is 75.7 cm³/mol. The van der Waals surface area contributed by atoms with Gasteiger partial charge in [0.05, 0.1) is 6.61 Å². The van der Waals surface area contributed by atoms with Crippen LogP contribution in [0.1, 0.15) is 39.5 Å². The van der Waals surface area contributed by atoms with Crippen LogP contribution in [0.15, 0.2) is 16.7 Å². The summed E-state index contributed by atoms with van der Waals surface area (Å²) in [4.78, 5) is 4.16. The van der Waals surface area contributed by atoms with Crippen LogP contribution < -0.4 is 4.74 Å². The first-order valence-corrected chi connectivity index (χ1v) is 7.28. The van der Waals surface area contributed by atoms with Gasteiger partial charge < -0.3 is 4.74 Å². The van der Waals surface area contributed by atoms with E-state index in [2.05, 4.69) is 34.8 Å². The normalized spacial score (nSPS) is 12.5. The van der Waals surface area contributed by atoms with Gasteiger partial charge in [-0.05, 0) is 34.3 Å². The summed E-state index contributed by atoms with van der Waals surface area (Å²) >= 11 is 9.36. The highest BCUT2D eigenvalue weighted by Crippen LogP contribution is 2.25. The largest absolute Gasteiger partial charge is 0.476 e. The van der Waals surface area contributed by atoms with E-state index in [1.807, 2.05) is 0 Å². The van der Waals surface area contributed by atoms with Gasteiger partial charge in [0.2, 0.25) is 5.88 Å². The molecule has 0 aromatic carbocycles. The van der Waals surface area contributed by atoms with Crippen LogP contribution in [-0.4, -0.2) is 11.6 Å². The van der Waals surface area contributed by atoms with Crippen molar-refractivity contribution in [3.63, 3.8) is 0 Å². The molecule has 1 heterocycles. The Morgan fingerprint density at radius 1 is 1.47 bits per heavy atom. The molecule has 0 spiro atoms. The fraction of sp³-hybridized carbons (Fsp3) is 0.615. The maximum Gasteiger partial charge on any atom is 0.232 e. The molecule has 0 amide bonds. The minimum absolute atomic E-state index is 0.532. The van der Waals surface area contributed by atoms with Gasteiger partial charge in [-0.1, -0.05) is 44.7 Å². The van der Waals surface area contributed by atoms with Gasteiger partial charge in [0.1, 0.15) is 5.02 Å². The van der Waals surface area contributed by atoms with Gasteiger partial charge >= 0.3 is 0 Å². The van der Waals surface area contributed by atoms with Gasteiger partial charge in [-0.25, -0.2) is 4.98 Å². The maximum absolute atomic E-state index is 6.04. The molecular weight excluding hydrogens is 302 g/mol. The summed E-state index contributed by atoms with van der Waals surface area (Å²) in [7, 11) is 0. The van der Waals surface area contributed by atoms with Gasteiger partial charge in [0, 0.05) is 10.7 Å². The molecule has 0 aliphatic rings. The summed E-state index contributed by atoms with van der Waals surface area (Å²) in [5.74, 6) is 1.13. The van der Waals surface area contributed by atoms with E-state index < -0.39 is 0 Å². The fourth-order valence-corrected chi connectivity index (χ4v) is 2.29.